The lowest BCUT2D eigenvalue weighted by molar-refractivity contribution is -0.118. The largest absolute Gasteiger partial charge is 0.323 e. The number of nitrogens with one attached hydrogen (secondary N) is 1. The third kappa shape index (κ3) is 3.70. The zero-order valence-corrected chi connectivity index (χ0v) is 12.6. The lowest BCUT2D eigenvalue weighted by Gasteiger charge is -2.23. The molecule has 0 bridgehead atoms. The summed E-state index contributed by atoms with van der Waals surface area (Å²) in [5, 5.41) is 2.57. The molecule has 2 atom stereocenters. The minimum atomic E-state index is -0.774. The van der Waals surface area contributed by atoms with Crippen LogP contribution in [0.5, 0.6) is 0 Å². The molecule has 2 aromatic carbocycles. The number of carbonyl (C=O) groups excluding carboxylic acids is 1. The van der Waals surface area contributed by atoms with Crippen LogP contribution in [0.1, 0.15) is 31.7 Å². The van der Waals surface area contributed by atoms with Crippen molar-refractivity contribution in [1.29, 1.82) is 0 Å². The maximum Gasteiger partial charge on any atom is 0.232 e. The quantitative estimate of drug-likeness (QED) is 0.849. The van der Waals surface area contributed by atoms with Gasteiger partial charge in [-0.05, 0) is 23.6 Å². The van der Waals surface area contributed by atoms with E-state index in [9.17, 15) is 13.6 Å². The molecular formula is C18H19F2NO. The first kappa shape index (κ1) is 16.1. The summed E-state index contributed by atoms with van der Waals surface area (Å²) in [6.07, 6.45) is 0.818. The molecule has 4 heteroatoms. The second-order valence-electron chi connectivity index (χ2n) is 5.39. The van der Waals surface area contributed by atoms with E-state index in [0.29, 0.717) is 0 Å². The molecule has 2 aromatic rings. The Morgan fingerprint density at radius 3 is 2.41 bits per heavy atom. The van der Waals surface area contributed by atoms with Crippen LogP contribution >= 0.6 is 0 Å². The third-order valence-corrected chi connectivity index (χ3v) is 3.84. The number of benzene rings is 2. The second-order valence-corrected chi connectivity index (χ2v) is 5.39. The van der Waals surface area contributed by atoms with Gasteiger partial charge in [0.15, 0.2) is 0 Å². The van der Waals surface area contributed by atoms with E-state index in [0.717, 1.165) is 24.1 Å². The number of halogens is 2. The van der Waals surface area contributed by atoms with Gasteiger partial charge in [-0.15, -0.1) is 0 Å². The average molecular weight is 303 g/mol. The van der Waals surface area contributed by atoms with Gasteiger partial charge in [0.2, 0.25) is 5.91 Å². The van der Waals surface area contributed by atoms with E-state index in [4.69, 9.17) is 0 Å². The molecule has 0 aliphatic heterocycles. The molecule has 0 spiro atoms. The van der Waals surface area contributed by atoms with E-state index in [1.165, 1.54) is 6.07 Å². The Morgan fingerprint density at radius 1 is 1.14 bits per heavy atom. The highest BCUT2D eigenvalue weighted by molar-refractivity contribution is 5.96. The van der Waals surface area contributed by atoms with E-state index < -0.39 is 11.6 Å². The van der Waals surface area contributed by atoms with Gasteiger partial charge >= 0.3 is 0 Å². The number of anilines is 1. The van der Waals surface area contributed by atoms with Crippen LogP contribution < -0.4 is 5.32 Å². The summed E-state index contributed by atoms with van der Waals surface area (Å²) in [5.74, 6) is -2.01. The van der Waals surface area contributed by atoms with Crippen LogP contribution in [0.3, 0.4) is 0 Å². The first-order chi connectivity index (χ1) is 10.5. The molecule has 0 aliphatic rings. The van der Waals surface area contributed by atoms with Gasteiger partial charge in [-0.2, -0.15) is 0 Å². The summed E-state index contributed by atoms with van der Waals surface area (Å²) in [7, 11) is 0. The number of carbonyl (C=O) groups is 1. The van der Waals surface area contributed by atoms with Gasteiger partial charge in [-0.3, -0.25) is 4.79 Å². The molecule has 0 aromatic heterocycles. The lowest BCUT2D eigenvalue weighted by atomic mass is 9.85. The van der Waals surface area contributed by atoms with Crippen LogP contribution in [0.4, 0.5) is 14.5 Å². The van der Waals surface area contributed by atoms with Gasteiger partial charge in [0.1, 0.15) is 11.6 Å². The highest BCUT2D eigenvalue weighted by Gasteiger charge is 2.26. The fourth-order valence-electron chi connectivity index (χ4n) is 2.44. The minimum absolute atomic E-state index is 0.00404. The minimum Gasteiger partial charge on any atom is -0.323 e. The molecule has 0 unspecified atom stereocenters. The Bertz CT molecular complexity index is 643. The predicted octanol–water partition coefficient (Wildman–Crippen LogP) is 4.73. The molecule has 0 heterocycles. The van der Waals surface area contributed by atoms with Gasteiger partial charge < -0.3 is 5.32 Å². The Labute approximate surface area is 129 Å². The number of amides is 1. The summed E-state index contributed by atoms with van der Waals surface area (Å²) < 4.78 is 26.6. The fourth-order valence-corrected chi connectivity index (χ4v) is 2.44. The van der Waals surface area contributed by atoms with Crippen LogP contribution in [-0.4, -0.2) is 5.91 Å². The molecule has 0 saturated heterocycles. The van der Waals surface area contributed by atoms with Crippen molar-refractivity contribution in [1.82, 2.24) is 0 Å². The predicted molar refractivity (Wildman–Crippen MR) is 83.6 cm³/mol. The van der Waals surface area contributed by atoms with Crippen molar-refractivity contribution in [2.24, 2.45) is 5.92 Å². The topological polar surface area (TPSA) is 29.1 Å². The van der Waals surface area contributed by atoms with Crippen LogP contribution in [0.2, 0.25) is 0 Å². The van der Waals surface area contributed by atoms with Crippen molar-refractivity contribution >= 4 is 11.6 Å². The number of hydrogen-bond acceptors (Lipinski definition) is 1. The summed E-state index contributed by atoms with van der Waals surface area (Å²) in [5.41, 5.74) is 0.882. The first-order valence-corrected chi connectivity index (χ1v) is 7.33. The van der Waals surface area contributed by atoms with E-state index in [2.05, 4.69) is 5.32 Å². The summed E-state index contributed by atoms with van der Waals surface area (Å²) in [4.78, 5) is 12.6. The molecule has 0 saturated carbocycles. The molecule has 2 nitrogen and oxygen atoms in total. The Kier molecular flexibility index (Phi) is 5.26. The maximum absolute atomic E-state index is 13.7. The van der Waals surface area contributed by atoms with E-state index in [-0.39, 0.29) is 23.4 Å². The Hall–Kier alpha value is -2.23. The molecule has 22 heavy (non-hydrogen) atoms. The molecule has 0 radical (unpaired) electrons. The van der Waals surface area contributed by atoms with Crippen LogP contribution in [0.25, 0.3) is 0 Å². The van der Waals surface area contributed by atoms with E-state index in [1.807, 2.05) is 44.2 Å². The van der Waals surface area contributed by atoms with Crippen molar-refractivity contribution in [3.8, 4) is 0 Å². The van der Waals surface area contributed by atoms with Gasteiger partial charge in [0.05, 0.1) is 11.6 Å². The molecular weight excluding hydrogens is 284 g/mol. The standard InChI is InChI=1S/C18H19F2NO/c1-3-12(2)17(13-7-5-4-6-8-13)18(22)21-16-10-9-14(19)11-15(16)20/h4-12,17H,3H2,1-2H3,(H,21,22)/t12-,17+/m0/s1. The van der Waals surface area contributed by atoms with Crippen molar-refractivity contribution in [3.05, 3.63) is 65.7 Å². The van der Waals surface area contributed by atoms with Crippen molar-refractivity contribution in [3.63, 3.8) is 0 Å². The molecule has 1 N–H and O–H groups in total. The first-order valence-electron chi connectivity index (χ1n) is 7.33. The Balaban J connectivity index is 2.26. The van der Waals surface area contributed by atoms with Crippen molar-refractivity contribution in [2.45, 2.75) is 26.2 Å². The second kappa shape index (κ2) is 7.16. The van der Waals surface area contributed by atoms with Crippen molar-refractivity contribution in [2.75, 3.05) is 5.32 Å². The third-order valence-electron chi connectivity index (χ3n) is 3.84. The SMILES string of the molecule is CC[C@H](C)[C@@H](C(=O)Nc1ccc(F)cc1F)c1ccccc1. The maximum atomic E-state index is 13.7. The van der Waals surface area contributed by atoms with Crippen LogP contribution in [0.15, 0.2) is 48.5 Å². The van der Waals surface area contributed by atoms with Gasteiger partial charge in [0.25, 0.3) is 0 Å². The molecule has 116 valence electrons. The monoisotopic (exact) mass is 303 g/mol. The average Bonchev–Trinajstić information content (AvgIpc) is 2.51. The molecule has 0 aliphatic carbocycles. The zero-order chi connectivity index (χ0) is 16.1. The highest BCUT2D eigenvalue weighted by atomic mass is 19.1. The van der Waals surface area contributed by atoms with E-state index in [1.54, 1.807) is 0 Å². The van der Waals surface area contributed by atoms with Gasteiger partial charge in [0, 0.05) is 6.07 Å². The van der Waals surface area contributed by atoms with Gasteiger partial charge in [-0.25, -0.2) is 8.78 Å². The molecule has 2 rings (SSSR count). The normalized spacial score (nSPS) is 13.5. The fraction of sp³-hybridized carbons (Fsp3) is 0.278. The lowest BCUT2D eigenvalue weighted by Crippen LogP contribution is -2.26. The summed E-state index contributed by atoms with van der Waals surface area (Å²) in [6.45, 7) is 3.99. The molecule has 0 fully saturated rings. The van der Waals surface area contributed by atoms with Crippen LogP contribution in [0, 0.1) is 17.6 Å². The zero-order valence-electron chi connectivity index (χ0n) is 12.6. The molecule has 1 amide bonds. The van der Waals surface area contributed by atoms with Crippen molar-refractivity contribution < 1.29 is 13.6 Å². The summed E-state index contributed by atoms with van der Waals surface area (Å²) in [6, 6.07) is 12.5. The number of hydrogen-bond donors (Lipinski definition) is 1. The van der Waals surface area contributed by atoms with Gasteiger partial charge in [-0.1, -0.05) is 50.6 Å². The number of rotatable bonds is 5. The van der Waals surface area contributed by atoms with E-state index >= 15 is 0 Å². The van der Waals surface area contributed by atoms with Crippen LogP contribution in [-0.2, 0) is 4.79 Å². The highest BCUT2D eigenvalue weighted by Crippen LogP contribution is 2.29. The Morgan fingerprint density at radius 2 is 1.82 bits per heavy atom. The summed E-state index contributed by atoms with van der Waals surface area (Å²) >= 11 is 0. The smallest absolute Gasteiger partial charge is 0.232 e.